The quantitative estimate of drug-likeness (QED) is 0.881. The van der Waals surface area contributed by atoms with Crippen molar-refractivity contribution in [1.82, 2.24) is 4.98 Å². The summed E-state index contributed by atoms with van der Waals surface area (Å²) < 4.78 is 5.26. The molecule has 0 spiro atoms. The van der Waals surface area contributed by atoms with E-state index in [1.165, 1.54) is 6.39 Å². The molecule has 0 aliphatic heterocycles. The highest BCUT2D eigenvalue weighted by atomic mass is 16.4. The molecule has 17 heavy (non-hydrogen) atoms. The Kier molecular flexibility index (Phi) is 2.02. The highest BCUT2D eigenvalue weighted by Crippen LogP contribution is 2.54. The summed E-state index contributed by atoms with van der Waals surface area (Å²) in [6.07, 6.45) is 3.27. The molecule has 1 aliphatic rings. The summed E-state index contributed by atoms with van der Waals surface area (Å²) in [5.41, 5.74) is 2.39. The predicted molar refractivity (Wildman–Crippen MR) is 61.7 cm³/mol. The molecule has 1 atom stereocenters. The van der Waals surface area contributed by atoms with Crippen LogP contribution in [0.15, 0.2) is 29.0 Å². The number of rotatable bonds is 3. The van der Waals surface area contributed by atoms with Gasteiger partial charge in [0.15, 0.2) is 12.0 Å². The lowest BCUT2D eigenvalue weighted by atomic mass is 9.84. The smallest absolute Gasteiger partial charge is 0.307 e. The lowest BCUT2D eigenvalue weighted by Gasteiger charge is -2.20. The van der Waals surface area contributed by atoms with E-state index in [0.29, 0.717) is 0 Å². The summed E-state index contributed by atoms with van der Waals surface area (Å²) in [4.78, 5) is 15.2. The third kappa shape index (κ3) is 1.44. The zero-order valence-electron chi connectivity index (χ0n) is 9.51. The van der Waals surface area contributed by atoms with Gasteiger partial charge in [-0.25, -0.2) is 4.98 Å². The summed E-state index contributed by atoms with van der Waals surface area (Å²) in [5.74, 6) is -1.09. The van der Waals surface area contributed by atoms with Crippen LogP contribution in [0.1, 0.15) is 25.3 Å². The molecule has 1 fully saturated rings. The molecule has 0 bridgehead atoms. The van der Waals surface area contributed by atoms with Gasteiger partial charge >= 0.3 is 5.97 Å². The molecule has 1 unspecified atom stereocenters. The Morgan fingerprint density at radius 3 is 2.94 bits per heavy atom. The summed E-state index contributed by atoms with van der Waals surface area (Å²) in [6.45, 7) is 1.78. The molecular weight excluding hydrogens is 218 g/mol. The van der Waals surface area contributed by atoms with E-state index < -0.39 is 5.97 Å². The molecule has 0 radical (unpaired) electrons. The van der Waals surface area contributed by atoms with Gasteiger partial charge in [-0.3, -0.25) is 4.79 Å². The first-order valence-corrected chi connectivity index (χ1v) is 5.70. The number of carboxylic acids is 1. The Morgan fingerprint density at radius 2 is 2.29 bits per heavy atom. The zero-order chi connectivity index (χ0) is 12.0. The van der Waals surface area contributed by atoms with E-state index in [9.17, 15) is 4.79 Å². The number of aromatic nitrogens is 1. The molecule has 1 N–H and O–H groups in total. The standard InChI is InChI=1S/C13H13NO3/c1-8(12(15)16)13(4-5-13)9-2-3-10-11(6-9)17-7-14-10/h2-3,6-8H,4-5H2,1H3,(H,15,16). The van der Waals surface area contributed by atoms with E-state index >= 15 is 0 Å². The molecular formula is C13H13NO3. The highest BCUT2D eigenvalue weighted by Gasteiger charge is 2.51. The number of hydrogen-bond acceptors (Lipinski definition) is 3. The maximum atomic E-state index is 11.1. The second kappa shape index (κ2) is 3.32. The summed E-state index contributed by atoms with van der Waals surface area (Å²) in [6, 6.07) is 5.79. The summed E-state index contributed by atoms with van der Waals surface area (Å²) >= 11 is 0. The number of hydrogen-bond donors (Lipinski definition) is 1. The lowest BCUT2D eigenvalue weighted by molar-refractivity contribution is -0.142. The maximum absolute atomic E-state index is 11.1. The molecule has 1 aromatic heterocycles. The van der Waals surface area contributed by atoms with E-state index in [2.05, 4.69) is 4.98 Å². The first kappa shape index (κ1) is 10.3. The Bertz CT molecular complexity index is 583. The molecule has 2 aromatic rings. The average molecular weight is 231 g/mol. The number of carbonyl (C=O) groups is 1. The molecule has 88 valence electrons. The van der Waals surface area contributed by atoms with Gasteiger partial charge in [-0.1, -0.05) is 13.0 Å². The largest absolute Gasteiger partial charge is 0.481 e. The topological polar surface area (TPSA) is 63.3 Å². The minimum absolute atomic E-state index is 0.202. The number of oxazole rings is 1. The normalized spacial score (nSPS) is 19.1. The van der Waals surface area contributed by atoms with Crippen molar-refractivity contribution < 1.29 is 14.3 Å². The van der Waals surface area contributed by atoms with Crippen molar-refractivity contribution in [3.05, 3.63) is 30.2 Å². The minimum Gasteiger partial charge on any atom is -0.481 e. The van der Waals surface area contributed by atoms with Gasteiger partial charge in [0.05, 0.1) is 5.92 Å². The second-order valence-electron chi connectivity index (χ2n) is 4.75. The monoisotopic (exact) mass is 231 g/mol. The van der Waals surface area contributed by atoms with Crippen LogP contribution >= 0.6 is 0 Å². The first-order chi connectivity index (χ1) is 8.13. The summed E-state index contributed by atoms with van der Waals surface area (Å²) in [5, 5.41) is 9.16. The van der Waals surface area contributed by atoms with E-state index in [1.54, 1.807) is 6.92 Å². The van der Waals surface area contributed by atoms with Gasteiger partial charge in [-0.2, -0.15) is 0 Å². The van der Waals surface area contributed by atoms with Gasteiger partial charge < -0.3 is 9.52 Å². The lowest BCUT2D eigenvalue weighted by Crippen LogP contribution is -2.25. The molecule has 3 rings (SSSR count). The van der Waals surface area contributed by atoms with Crippen LogP contribution in [0.2, 0.25) is 0 Å². The fourth-order valence-corrected chi connectivity index (χ4v) is 2.51. The van der Waals surface area contributed by atoms with Gasteiger partial charge in [0.2, 0.25) is 0 Å². The molecule has 0 saturated heterocycles. The SMILES string of the molecule is CC(C(=O)O)C1(c2ccc3ncoc3c2)CC1. The van der Waals surface area contributed by atoms with Crippen molar-refractivity contribution in [1.29, 1.82) is 0 Å². The third-order valence-corrected chi connectivity index (χ3v) is 3.89. The van der Waals surface area contributed by atoms with E-state index in [1.807, 2.05) is 18.2 Å². The Labute approximate surface area is 98.3 Å². The first-order valence-electron chi connectivity index (χ1n) is 5.70. The molecule has 4 nitrogen and oxygen atoms in total. The van der Waals surface area contributed by atoms with Crippen LogP contribution in [0.3, 0.4) is 0 Å². The molecule has 1 heterocycles. The van der Waals surface area contributed by atoms with Crippen LogP contribution in [0, 0.1) is 5.92 Å². The van der Waals surface area contributed by atoms with Gasteiger partial charge in [0.25, 0.3) is 0 Å². The van der Waals surface area contributed by atoms with Gasteiger partial charge in [-0.05, 0) is 30.5 Å². The second-order valence-corrected chi connectivity index (χ2v) is 4.75. The van der Waals surface area contributed by atoms with Crippen LogP contribution in [0.5, 0.6) is 0 Å². The van der Waals surface area contributed by atoms with Crippen molar-refractivity contribution in [2.75, 3.05) is 0 Å². The minimum atomic E-state index is -0.736. The van der Waals surface area contributed by atoms with Crippen molar-refractivity contribution in [2.24, 2.45) is 5.92 Å². The van der Waals surface area contributed by atoms with Crippen molar-refractivity contribution in [3.63, 3.8) is 0 Å². The van der Waals surface area contributed by atoms with Crippen molar-refractivity contribution >= 4 is 17.1 Å². The van der Waals surface area contributed by atoms with E-state index in [-0.39, 0.29) is 11.3 Å². The van der Waals surface area contributed by atoms with E-state index in [0.717, 1.165) is 29.5 Å². The van der Waals surface area contributed by atoms with Gasteiger partial charge in [0, 0.05) is 5.41 Å². The van der Waals surface area contributed by atoms with E-state index in [4.69, 9.17) is 9.52 Å². The van der Waals surface area contributed by atoms with Gasteiger partial charge in [0.1, 0.15) is 5.52 Å². The Morgan fingerprint density at radius 1 is 1.53 bits per heavy atom. The van der Waals surface area contributed by atoms with Crippen LogP contribution in [-0.4, -0.2) is 16.1 Å². The van der Waals surface area contributed by atoms with Crippen LogP contribution in [0.25, 0.3) is 11.1 Å². The number of carboxylic acid groups (broad SMARTS) is 1. The number of nitrogens with zero attached hydrogens (tertiary/aromatic N) is 1. The Hall–Kier alpha value is -1.84. The predicted octanol–water partition coefficient (Wildman–Crippen LogP) is 2.58. The van der Waals surface area contributed by atoms with Crippen LogP contribution in [0.4, 0.5) is 0 Å². The van der Waals surface area contributed by atoms with Gasteiger partial charge in [-0.15, -0.1) is 0 Å². The third-order valence-electron chi connectivity index (χ3n) is 3.89. The van der Waals surface area contributed by atoms with Crippen LogP contribution in [-0.2, 0) is 10.2 Å². The Balaban J connectivity index is 2.06. The number of aliphatic carboxylic acids is 1. The van der Waals surface area contributed by atoms with Crippen molar-refractivity contribution in [3.8, 4) is 0 Å². The van der Waals surface area contributed by atoms with Crippen LogP contribution < -0.4 is 0 Å². The molecule has 1 aromatic carbocycles. The summed E-state index contributed by atoms with van der Waals surface area (Å²) in [7, 11) is 0. The fraction of sp³-hybridized carbons (Fsp3) is 0.385. The average Bonchev–Trinajstić information content (AvgIpc) is 2.99. The molecule has 1 aliphatic carbocycles. The molecule has 4 heteroatoms. The zero-order valence-corrected chi connectivity index (χ0v) is 9.51. The fourth-order valence-electron chi connectivity index (χ4n) is 2.51. The molecule has 1 saturated carbocycles. The maximum Gasteiger partial charge on any atom is 0.307 e. The molecule has 0 amide bonds. The van der Waals surface area contributed by atoms with Crippen molar-refractivity contribution in [2.45, 2.75) is 25.2 Å². The highest BCUT2D eigenvalue weighted by molar-refractivity contribution is 5.76. The number of benzene rings is 1. The number of fused-ring (bicyclic) bond motifs is 1.